The van der Waals surface area contributed by atoms with Crippen molar-refractivity contribution in [2.75, 3.05) is 24.7 Å². The summed E-state index contributed by atoms with van der Waals surface area (Å²) < 4.78 is 0. The molecule has 0 aliphatic heterocycles. The van der Waals surface area contributed by atoms with Crippen LogP contribution in [-0.2, 0) is 0 Å². The van der Waals surface area contributed by atoms with Gasteiger partial charge in [0.1, 0.15) is 0 Å². The summed E-state index contributed by atoms with van der Waals surface area (Å²) in [7, 11) is 0. The monoisotopic (exact) mass is 219 g/mol. The van der Waals surface area contributed by atoms with Gasteiger partial charge in [0.2, 0.25) is 0 Å². The second-order valence-electron chi connectivity index (χ2n) is 4.41. The van der Waals surface area contributed by atoms with Gasteiger partial charge in [-0.25, -0.2) is 0 Å². The van der Waals surface area contributed by atoms with E-state index in [0.717, 1.165) is 24.3 Å². The molecule has 14 heavy (non-hydrogen) atoms. The molecule has 0 saturated carbocycles. The summed E-state index contributed by atoms with van der Waals surface area (Å²) in [6, 6.07) is 0. The van der Waals surface area contributed by atoms with E-state index in [1.54, 1.807) is 0 Å². The van der Waals surface area contributed by atoms with Crippen molar-refractivity contribution in [3.63, 3.8) is 0 Å². The molecule has 2 nitrogen and oxygen atoms in total. The predicted octanol–water partition coefficient (Wildman–Crippen LogP) is 2.11. The fourth-order valence-corrected chi connectivity index (χ4v) is 2.66. The maximum Gasteiger partial charge on any atom is 0.0499 e. The molecule has 0 saturated heterocycles. The molecular formula is C11H25NOS. The molecule has 3 N–H and O–H groups in total. The summed E-state index contributed by atoms with van der Waals surface area (Å²) in [5.41, 5.74) is 5.75. The van der Waals surface area contributed by atoms with Crippen LogP contribution in [0.15, 0.2) is 0 Å². The minimum Gasteiger partial charge on any atom is -0.396 e. The second-order valence-corrected chi connectivity index (χ2v) is 5.80. The van der Waals surface area contributed by atoms with Gasteiger partial charge in [-0.15, -0.1) is 0 Å². The summed E-state index contributed by atoms with van der Waals surface area (Å²) in [6.07, 6.45) is 2.07. The number of nitrogens with two attached hydrogens (primary N) is 1. The number of thioether (sulfide) groups is 1. The highest BCUT2D eigenvalue weighted by Crippen LogP contribution is 2.30. The first kappa shape index (κ1) is 14.3. The first-order chi connectivity index (χ1) is 6.60. The highest BCUT2D eigenvalue weighted by Gasteiger charge is 2.28. The number of rotatable bonds is 8. The lowest BCUT2D eigenvalue weighted by Crippen LogP contribution is -2.36. The van der Waals surface area contributed by atoms with E-state index in [4.69, 9.17) is 5.73 Å². The van der Waals surface area contributed by atoms with Crippen LogP contribution >= 0.6 is 11.8 Å². The van der Waals surface area contributed by atoms with Gasteiger partial charge in [-0.3, -0.25) is 0 Å². The number of aliphatic hydroxyl groups excluding tert-OH is 1. The molecule has 1 unspecified atom stereocenters. The minimum atomic E-state index is -0.0314. The van der Waals surface area contributed by atoms with E-state index in [1.807, 2.05) is 11.8 Å². The van der Waals surface area contributed by atoms with Crippen molar-refractivity contribution >= 4 is 11.8 Å². The van der Waals surface area contributed by atoms with Gasteiger partial charge in [0.05, 0.1) is 0 Å². The van der Waals surface area contributed by atoms with Crippen LogP contribution in [0.1, 0.15) is 33.6 Å². The van der Waals surface area contributed by atoms with E-state index in [1.165, 1.54) is 0 Å². The van der Waals surface area contributed by atoms with Crippen molar-refractivity contribution in [2.24, 2.45) is 17.1 Å². The fourth-order valence-electron chi connectivity index (χ4n) is 1.79. The Balaban J connectivity index is 4.07. The molecule has 0 aliphatic rings. The Kier molecular flexibility index (Phi) is 7.69. The molecule has 0 rings (SSSR count). The quantitative estimate of drug-likeness (QED) is 0.615. The summed E-state index contributed by atoms with van der Waals surface area (Å²) in [5.74, 6) is 2.87. The third-order valence-corrected chi connectivity index (χ3v) is 3.49. The molecule has 0 bridgehead atoms. The third-order valence-electron chi connectivity index (χ3n) is 2.59. The lowest BCUT2D eigenvalue weighted by atomic mass is 9.78. The molecule has 3 heteroatoms. The van der Waals surface area contributed by atoms with Crippen molar-refractivity contribution in [3.05, 3.63) is 0 Å². The van der Waals surface area contributed by atoms with Gasteiger partial charge < -0.3 is 10.8 Å². The molecule has 0 fully saturated rings. The van der Waals surface area contributed by atoms with E-state index in [-0.39, 0.29) is 12.0 Å². The van der Waals surface area contributed by atoms with Crippen LogP contribution in [-0.4, -0.2) is 29.8 Å². The summed E-state index contributed by atoms with van der Waals surface area (Å²) in [4.78, 5) is 0. The second kappa shape index (κ2) is 7.55. The summed E-state index contributed by atoms with van der Waals surface area (Å²) in [5, 5.41) is 9.44. The predicted molar refractivity (Wildman–Crippen MR) is 65.6 cm³/mol. The smallest absolute Gasteiger partial charge is 0.0499 e. The summed E-state index contributed by atoms with van der Waals surface area (Å²) >= 11 is 1.93. The Morgan fingerprint density at radius 1 is 1.43 bits per heavy atom. The Hall–Kier alpha value is 0.270. The molecule has 0 heterocycles. The molecule has 0 aromatic heterocycles. The highest BCUT2D eigenvalue weighted by molar-refractivity contribution is 7.99. The van der Waals surface area contributed by atoms with E-state index < -0.39 is 0 Å². The highest BCUT2D eigenvalue weighted by atomic mass is 32.2. The zero-order chi connectivity index (χ0) is 11.0. The molecule has 0 amide bonds. The Morgan fingerprint density at radius 3 is 2.43 bits per heavy atom. The average Bonchev–Trinajstić information content (AvgIpc) is 2.16. The zero-order valence-electron chi connectivity index (χ0n) is 9.75. The minimum absolute atomic E-state index is 0.0314. The maximum atomic E-state index is 9.44. The third kappa shape index (κ3) is 5.23. The Labute approximate surface area is 92.6 Å². The molecule has 0 radical (unpaired) electrons. The topological polar surface area (TPSA) is 46.2 Å². The van der Waals surface area contributed by atoms with Gasteiger partial charge in [-0.1, -0.05) is 20.8 Å². The lowest BCUT2D eigenvalue weighted by molar-refractivity contribution is 0.105. The average molecular weight is 219 g/mol. The van der Waals surface area contributed by atoms with Gasteiger partial charge in [-0.2, -0.15) is 11.8 Å². The Morgan fingerprint density at radius 2 is 2.07 bits per heavy atom. The largest absolute Gasteiger partial charge is 0.396 e. The van der Waals surface area contributed by atoms with Crippen LogP contribution < -0.4 is 5.73 Å². The van der Waals surface area contributed by atoms with E-state index in [0.29, 0.717) is 12.5 Å². The fraction of sp³-hybridized carbons (Fsp3) is 1.00. The van der Waals surface area contributed by atoms with E-state index >= 15 is 0 Å². The van der Waals surface area contributed by atoms with E-state index in [2.05, 4.69) is 20.8 Å². The SMILES string of the molecule is CCSCCC(CN)(CO)CC(C)C. The van der Waals surface area contributed by atoms with Crippen molar-refractivity contribution in [1.29, 1.82) is 0 Å². The van der Waals surface area contributed by atoms with Gasteiger partial charge in [-0.05, 0) is 30.3 Å². The van der Waals surface area contributed by atoms with Gasteiger partial charge in [0.15, 0.2) is 0 Å². The molecule has 0 spiro atoms. The molecule has 0 aromatic rings. The van der Waals surface area contributed by atoms with Gasteiger partial charge >= 0.3 is 0 Å². The van der Waals surface area contributed by atoms with Gasteiger partial charge in [0.25, 0.3) is 0 Å². The maximum absolute atomic E-state index is 9.44. The lowest BCUT2D eigenvalue weighted by Gasteiger charge is -2.32. The number of hydrogen-bond donors (Lipinski definition) is 2. The molecule has 0 aliphatic carbocycles. The Bertz CT molecular complexity index is 135. The summed E-state index contributed by atoms with van der Waals surface area (Å²) in [6.45, 7) is 7.37. The van der Waals surface area contributed by atoms with Crippen molar-refractivity contribution in [2.45, 2.75) is 33.6 Å². The molecule has 86 valence electrons. The van der Waals surface area contributed by atoms with Crippen LogP contribution in [0.2, 0.25) is 0 Å². The first-order valence-corrected chi connectivity index (χ1v) is 6.64. The van der Waals surface area contributed by atoms with Crippen molar-refractivity contribution < 1.29 is 5.11 Å². The van der Waals surface area contributed by atoms with Crippen LogP contribution in [0.25, 0.3) is 0 Å². The first-order valence-electron chi connectivity index (χ1n) is 5.49. The van der Waals surface area contributed by atoms with Crippen molar-refractivity contribution in [1.82, 2.24) is 0 Å². The molecule has 1 atom stereocenters. The standard InChI is InChI=1S/C11H25NOS/c1-4-14-6-5-11(8-12,9-13)7-10(2)3/h10,13H,4-9,12H2,1-3H3. The van der Waals surface area contributed by atoms with Crippen LogP contribution in [0.5, 0.6) is 0 Å². The van der Waals surface area contributed by atoms with Crippen LogP contribution in [0, 0.1) is 11.3 Å². The molecule has 0 aromatic carbocycles. The normalized spacial score (nSPS) is 15.9. The van der Waals surface area contributed by atoms with Crippen LogP contribution in [0.3, 0.4) is 0 Å². The van der Waals surface area contributed by atoms with Crippen molar-refractivity contribution in [3.8, 4) is 0 Å². The zero-order valence-corrected chi connectivity index (χ0v) is 10.6. The number of aliphatic hydroxyl groups is 1. The molecular weight excluding hydrogens is 194 g/mol. The number of hydrogen-bond acceptors (Lipinski definition) is 3. The van der Waals surface area contributed by atoms with Gasteiger partial charge in [0, 0.05) is 18.6 Å². The van der Waals surface area contributed by atoms with Crippen LogP contribution in [0.4, 0.5) is 0 Å². The van der Waals surface area contributed by atoms with E-state index in [9.17, 15) is 5.11 Å².